The van der Waals surface area contributed by atoms with Gasteiger partial charge in [-0.1, -0.05) is 0 Å². The Labute approximate surface area is 100 Å². The lowest BCUT2D eigenvalue weighted by molar-refractivity contribution is 0.409. The zero-order chi connectivity index (χ0) is 10.7. The van der Waals surface area contributed by atoms with E-state index in [1.165, 1.54) is 24.3 Å². The maximum absolute atomic E-state index is 6.38. The molecular weight excluding hydrogens is 216 g/mol. The van der Waals surface area contributed by atoms with Crippen LogP contribution in [0, 0.1) is 29.6 Å². The molecule has 0 aliphatic heterocycles. The topological polar surface area (TPSA) is 38.9 Å². The summed E-state index contributed by atoms with van der Waals surface area (Å²) in [7, 11) is 0. The maximum Gasteiger partial charge on any atom is 0.0940 e. The van der Waals surface area contributed by atoms with Crippen molar-refractivity contribution in [2.75, 3.05) is 0 Å². The van der Waals surface area contributed by atoms with Crippen LogP contribution in [0.3, 0.4) is 0 Å². The van der Waals surface area contributed by atoms with Gasteiger partial charge >= 0.3 is 0 Å². The van der Waals surface area contributed by atoms with Crippen LogP contribution in [0.2, 0.25) is 0 Å². The minimum atomic E-state index is 0.379. The lowest BCUT2D eigenvalue weighted by Crippen LogP contribution is -2.28. The Morgan fingerprint density at radius 2 is 2.12 bits per heavy atom. The summed E-state index contributed by atoms with van der Waals surface area (Å²) >= 11 is 1.75. The number of aromatic nitrogens is 1. The second-order valence-corrected chi connectivity index (χ2v) is 6.84. The van der Waals surface area contributed by atoms with Gasteiger partial charge in [-0.25, -0.2) is 4.98 Å². The lowest BCUT2D eigenvalue weighted by Gasteiger charge is -2.14. The van der Waals surface area contributed by atoms with Crippen LogP contribution in [-0.2, 0) is 6.42 Å². The number of rotatable bonds is 3. The first kappa shape index (κ1) is 9.60. The summed E-state index contributed by atoms with van der Waals surface area (Å²) in [5.74, 6) is 4.95. The number of hydrogen-bond acceptors (Lipinski definition) is 3. The van der Waals surface area contributed by atoms with Gasteiger partial charge < -0.3 is 5.73 Å². The Hall–Kier alpha value is -0.410. The van der Waals surface area contributed by atoms with Crippen molar-refractivity contribution in [3.63, 3.8) is 0 Å². The minimum absolute atomic E-state index is 0.379. The van der Waals surface area contributed by atoms with Crippen molar-refractivity contribution in [1.82, 2.24) is 4.98 Å². The summed E-state index contributed by atoms with van der Waals surface area (Å²) in [5.41, 5.74) is 6.38. The van der Waals surface area contributed by atoms with E-state index >= 15 is 0 Å². The van der Waals surface area contributed by atoms with Gasteiger partial charge in [0.1, 0.15) is 0 Å². The highest BCUT2D eigenvalue weighted by Gasteiger charge is 2.66. The van der Waals surface area contributed by atoms with E-state index in [2.05, 4.69) is 10.4 Å². The van der Waals surface area contributed by atoms with Crippen LogP contribution in [0.4, 0.5) is 0 Å². The normalized spacial score (nSPS) is 45.7. The number of nitrogens with zero attached hydrogens (tertiary/aromatic N) is 1. The smallest absolute Gasteiger partial charge is 0.0940 e. The van der Waals surface area contributed by atoms with Gasteiger partial charge in [0, 0.05) is 24.0 Å². The van der Waals surface area contributed by atoms with E-state index < -0.39 is 0 Å². The van der Waals surface area contributed by atoms with E-state index in [0.29, 0.717) is 6.04 Å². The van der Waals surface area contributed by atoms with Gasteiger partial charge in [0.15, 0.2) is 0 Å². The molecule has 0 amide bonds. The molecule has 0 aromatic carbocycles. The van der Waals surface area contributed by atoms with Crippen LogP contribution in [0.15, 0.2) is 11.6 Å². The monoisotopic (exact) mass is 234 g/mol. The number of hydrogen-bond donors (Lipinski definition) is 1. The first-order valence-corrected chi connectivity index (χ1v) is 7.36. The molecule has 5 atom stereocenters. The van der Waals surface area contributed by atoms with Crippen molar-refractivity contribution in [3.8, 4) is 0 Å². The molecule has 3 heteroatoms. The molecule has 0 radical (unpaired) electrons. The van der Waals surface area contributed by atoms with Crippen LogP contribution in [-0.4, -0.2) is 11.0 Å². The van der Waals surface area contributed by atoms with Crippen molar-refractivity contribution >= 4 is 11.3 Å². The van der Waals surface area contributed by atoms with Gasteiger partial charge in [-0.3, -0.25) is 0 Å². The maximum atomic E-state index is 6.38. The van der Waals surface area contributed by atoms with Gasteiger partial charge in [-0.05, 0) is 48.9 Å². The number of thiazole rings is 1. The molecule has 1 heterocycles. The van der Waals surface area contributed by atoms with Crippen LogP contribution in [0.1, 0.15) is 24.3 Å². The minimum Gasteiger partial charge on any atom is -0.327 e. The molecule has 0 spiro atoms. The second-order valence-electron chi connectivity index (χ2n) is 5.86. The van der Waals surface area contributed by atoms with Crippen LogP contribution in [0.25, 0.3) is 0 Å². The molecule has 5 unspecified atom stereocenters. The van der Waals surface area contributed by atoms with Crippen molar-refractivity contribution in [1.29, 1.82) is 0 Å². The van der Waals surface area contributed by atoms with Gasteiger partial charge in [-0.2, -0.15) is 0 Å². The summed E-state index contributed by atoms with van der Waals surface area (Å²) in [6.07, 6.45) is 7.41. The first-order valence-electron chi connectivity index (χ1n) is 6.48. The van der Waals surface area contributed by atoms with E-state index in [-0.39, 0.29) is 0 Å². The molecule has 1 aromatic rings. The first-order chi connectivity index (χ1) is 7.84. The van der Waals surface area contributed by atoms with Crippen molar-refractivity contribution in [2.24, 2.45) is 35.3 Å². The highest BCUT2D eigenvalue weighted by molar-refractivity contribution is 7.09. The summed E-state index contributed by atoms with van der Waals surface area (Å²) < 4.78 is 0. The van der Waals surface area contributed by atoms with Crippen molar-refractivity contribution in [2.45, 2.75) is 31.7 Å². The zero-order valence-electron chi connectivity index (χ0n) is 9.38. The van der Waals surface area contributed by atoms with Crippen LogP contribution < -0.4 is 5.73 Å². The molecule has 2 N–H and O–H groups in total. The van der Waals surface area contributed by atoms with Gasteiger partial charge in [-0.15, -0.1) is 11.3 Å². The molecular formula is C13H18N2S. The van der Waals surface area contributed by atoms with Gasteiger partial charge in [0.05, 0.1) is 5.01 Å². The Bertz CT molecular complexity index is 373. The molecule has 86 valence electrons. The predicted octanol–water partition coefficient (Wildman–Crippen LogP) is 2.30. The Balaban J connectivity index is 1.45. The van der Waals surface area contributed by atoms with Gasteiger partial charge in [0.25, 0.3) is 0 Å². The Morgan fingerprint density at radius 3 is 2.75 bits per heavy atom. The predicted molar refractivity (Wildman–Crippen MR) is 65.1 cm³/mol. The molecule has 3 aliphatic rings. The Kier molecular flexibility index (Phi) is 1.98. The third-order valence-corrected chi connectivity index (χ3v) is 5.98. The third-order valence-electron chi connectivity index (χ3n) is 5.18. The molecule has 2 bridgehead atoms. The van der Waals surface area contributed by atoms with E-state index in [4.69, 9.17) is 5.73 Å². The van der Waals surface area contributed by atoms with E-state index in [1.807, 2.05) is 6.20 Å². The molecule has 3 fully saturated rings. The zero-order valence-corrected chi connectivity index (χ0v) is 10.2. The highest BCUT2D eigenvalue weighted by Crippen LogP contribution is 2.70. The molecule has 1 aromatic heterocycles. The summed E-state index contributed by atoms with van der Waals surface area (Å²) in [6.45, 7) is 0. The van der Waals surface area contributed by atoms with Crippen LogP contribution in [0.5, 0.6) is 0 Å². The van der Waals surface area contributed by atoms with Crippen LogP contribution >= 0.6 is 11.3 Å². The Morgan fingerprint density at radius 1 is 1.38 bits per heavy atom. The average molecular weight is 234 g/mol. The second kappa shape index (κ2) is 3.30. The summed E-state index contributed by atoms with van der Waals surface area (Å²) in [6, 6.07) is 0.379. The lowest BCUT2D eigenvalue weighted by atomic mass is 9.96. The molecule has 2 nitrogen and oxygen atoms in total. The SMILES string of the molecule is NC(Cc1nccs1)C1C2C3CCC(C3)C12. The van der Waals surface area contributed by atoms with E-state index in [9.17, 15) is 0 Å². The fourth-order valence-corrected chi connectivity index (χ4v) is 5.35. The fraction of sp³-hybridized carbons (Fsp3) is 0.769. The molecule has 4 rings (SSSR count). The standard InChI is InChI=1S/C13H18N2S/c14-9(6-10-15-3-4-16-10)13-11-7-1-2-8(5-7)12(11)13/h3-4,7-9,11-13H,1-2,5-6,14H2. The van der Waals surface area contributed by atoms with Crippen molar-refractivity contribution in [3.05, 3.63) is 16.6 Å². The van der Waals surface area contributed by atoms with E-state index in [1.54, 1.807) is 11.3 Å². The summed E-state index contributed by atoms with van der Waals surface area (Å²) in [4.78, 5) is 4.35. The third kappa shape index (κ3) is 1.25. The molecule has 0 saturated heterocycles. The van der Waals surface area contributed by atoms with Crippen molar-refractivity contribution < 1.29 is 0 Å². The molecule has 16 heavy (non-hydrogen) atoms. The average Bonchev–Trinajstić information content (AvgIpc) is 2.73. The summed E-state index contributed by atoms with van der Waals surface area (Å²) in [5, 5.41) is 3.28. The van der Waals surface area contributed by atoms with E-state index in [0.717, 1.165) is 36.0 Å². The number of fused-ring (bicyclic) bond motifs is 5. The highest BCUT2D eigenvalue weighted by atomic mass is 32.1. The fourth-order valence-electron chi connectivity index (χ4n) is 4.66. The largest absolute Gasteiger partial charge is 0.327 e. The quantitative estimate of drug-likeness (QED) is 0.871. The number of nitrogens with two attached hydrogens (primary N) is 1. The molecule has 3 saturated carbocycles. The van der Waals surface area contributed by atoms with Gasteiger partial charge in [0.2, 0.25) is 0 Å². The molecule has 3 aliphatic carbocycles.